The fourth-order valence-electron chi connectivity index (χ4n) is 0.949. The van der Waals surface area contributed by atoms with Crippen molar-refractivity contribution < 1.29 is 19.1 Å². The summed E-state index contributed by atoms with van der Waals surface area (Å²) >= 11 is 0. The van der Waals surface area contributed by atoms with E-state index in [1.165, 1.54) is 6.92 Å². The van der Waals surface area contributed by atoms with Crippen molar-refractivity contribution in [3.63, 3.8) is 0 Å². The largest absolute Gasteiger partial charge is 0.456 e. The van der Waals surface area contributed by atoms with Crippen LogP contribution in [0.3, 0.4) is 0 Å². The van der Waals surface area contributed by atoms with Crippen LogP contribution in [-0.4, -0.2) is 30.4 Å². The van der Waals surface area contributed by atoms with Crippen LogP contribution in [0.4, 0.5) is 0 Å². The minimum Gasteiger partial charge on any atom is -0.456 e. The number of ether oxygens (including phenoxy) is 1. The molecule has 86 valence electrons. The van der Waals surface area contributed by atoms with Crippen LogP contribution in [0.1, 0.15) is 20.8 Å². The molecule has 6 heteroatoms. The zero-order valence-electron chi connectivity index (χ0n) is 9.07. The number of hydrogen-bond acceptors (Lipinski definition) is 4. The third kappa shape index (κ3) is 5.66. The maximum atomic E-state index is 11.2. The minimum absolute atomic E-state index is 0.108. The van der Waals surface area contributed by atoms with Crippen LogP contribution in [0.2, 0.25) is 0 Å². The van der Waals surface area contributed by atoms with Gasteiger partial charge in [-0.25, -0.2) is 0 Å². The molecule has 0 bridgehead atoms. The third-order valence-corrected chi connectivity index (χ3v) is 1.70. The molecule has 0 aliphatic carbocycles. The van der Waals surface area contributed by atoms with Gasteiger partial charge in [-0.05, 0) is 5.92 Å². The van der Waals surface area contributed by atoms with E-state index >= 15 is 0 Å². The SMILES string of the molecule is CC(=O)OCC(=O)N[C@H](C(N)=O)C(C)C. The van der Waals surface area contributed by atoms with Crippen molar-refractivity contribution in [3.8, 4) is 0 Å². The first-order chi connectivity index (χ1) is 6.84. The number of carbonyl (C=O) groups is 3. The van der Waals surface area contributed by atoms with Gasteiger partial charge in [-0.2, -0.15) is 0 Å². The number of esters is 1. The number of rotatable bonds is 5. The van der Waals surface area contributed by atoms with Gasteiger partial charge >= 0.3 is 5.97 Å². The summed E-state index contributed by atoms with van der Waals surface area (Å²) in [4.78, 5) is 32.5. The Labute approximate surface area is 88.1 Å². The predicted molar refractivity (Wildman–Crippen MR) is 52.6 cm³/mol. The van der Waals surface area contributed by atoms with E-state index < -0.39 is 30.4 Å². The normalized spacial score (nSPS) is 12.0. The molecular weight excluding hydrogens is 200 g/mol. The van der Waals surface area contributed by atoms with Crippen molar-refractivity contribution in [1.29, 1.82) is 0 Å². The molecule has 0 heterocycles. The van der Waals surface area contributed by atoms with Crippen molar-refractivity contribution in [2.75, 3.05) is 6.61 Å². The molecule has 15 heavy (non-hydrogen) atoms. The van der Waals surface area contributed by atoms with Crippen molar-refractivity contribution >= 4 is 17.8 Å². The lowest BCUT2D eigenvalue weighted by atomic mass is 10.0. The number of hydrogen-bond donors (Lipinski definition) is 2. The summed E-state index contributed by atoms with van der Waals surface area (Å²) in [6, 6.07) is -0.743. The lowest BCUT2D eigenvalue weighted by Gasteiger charge is -2.18. The third-order valence-electron chi connectivity index (χ3n) is 1.70. The van der Waals surface area contributed by atoms with Crippen molar-refractivity contribution in [2.45, 2.75) is 26.8 Å². The molecule has 0 aliphatic heterocycles. The zero-order valence-corrected chi connectivity index (χ0v) is 9.07. The molecule has 0 fully saturated rings. The van der Waals surface area contributed by atoms with Gasteiger partial charge < -0.3 is 15.8 Å². The van der Waals surface area contributed by atoms with Gasteiger partial charge in [0.15, 0.2) is 6.61 Å². The topological polar surface area (TPSA) is 98.5 Å². The van der Waals surface area contributed by atoms with Gasteiger partial charge in [0.05, 0.1) is 0 Å². The lowest BCUT2D eigenvalue weighted by Crippen LogP contribution is -2.48. The van der Waals surface area contributed by atoms with Gasteiger partial charge in [0.1, 0.15) is 6.04 Å². The van der Waals surface area contributed by atoms with Crippen LogP contribution >= 0.6 is 0 Å². The van der Waals surface area contributed by atoms with Gasteiger partial charge in [0.2, 0.25) is 5.91 Å². The molecule has 0 aromatic carbocycles. The molecule has 1 atom stereocenters. The van der Waals surface area contributed by atoms with Crippen LogP contribution in [0.15, 0.2) is 0 Å². The molecule has 2 amide bonds. The Morgan fingerprint density at radius 1 is 1.33 bits per heavy atom. The summed E-state index contributed by atoms with van der Waals surface area (Å²) in [5, 5.41) is 2.38. The van der Waals surface area contributed by atoms with Gasteiger partial charge in [0, 0.05) is 6.92 Å². The number of amides is 2. The Morgan fingerprint density at radius 2 is 1.87 bits per heavy atom. The standard InChI is InChI=1S/C9H16N2O4/c1-5(2)8(9(10)14)11-7(13)4-15-6(3)12/h5,8H,4H2,1-3H3,(H2,10,14)(H,11,13)/t8-/m0/s1. The molecular formula is C9H16N2O4. The van der Waals surface area contributed by atoms with E-state index in [0.717, 1.165) is 0 Å². The molecule has 0 radical (unpaired) electrons. The lowest BCUT2D eigenvalue weighted by molar-refractivity contribution is -0.146. The van der Waals surface area contributed by atoms with E-state index in [0.29, 0.717) is 0 Å². The highest BCUT2D eigenvalue weighted by Crippen LogP contribution is 2.00. The van der Waals surface area contributed by atoms with E-state index in [-0.39, 0.29) is 5.92 Å². The summed E-state index contributed by atoms with van der Waals surface area (Å²) in [5.74, 6) is -1.81. The van der Waals surface area contributed by atoms with Crippen molar-refractivity contribution in [1.82, 2.24) is 5.32 Å². The summed E-state index contributed by atoms with van der Waals surface area (Å²) < 4.78 is 4.46. The molecule has 6 nitrogen and oxygen atoms in total. The number of primary amides is 1. The number of carbonyl (C=O) groups excluding carboxylic acids is 3. The highest BCUT2D eigenvalue weighted by Gasteiger charge is 2.21. The van der Waals surface area contributed by atoms with E-state index in [1.54, 1.807) is 13.8 Å². The van der Waals surface area contributed by atoms with E-state index in [2.05, 4.69) is 10.1 Å². The smallest absolute Gasteiger partial charge is 0.303 e. The first-order valence-electron chi connectivity index (χ1n) is 4.56. The number of nitrogens with two attached hydrogens (primary N) is 1. The predicted octanol–water partition coefficient (Wildman–Crippen LogP) is -0.824. The van der Waals surface area contributed by atoms with E-state index in [4.69, 9.17) is 5.73 Å². The van der Waals surface area contributed by atoms with Gasteiger partial charge in [-0.1, -0.05) is 13.8 Å². The molecule has 0 aromatic heterocycles. The molecule has 0 saturated heterocycles. The summed E-state index contributed by atoms with van der Waals surface area (Å²) in [7, 11) is 0. The van der Waals surface area contributed by atoms with Gasteiger partial charge in [-0.15, -0.1) is 0 Å². The van der Waals surface area contributed by atoms with Crippen LogP contribution in [0.25, 0.3) is 0 Å². The minimum atomic E-state index is -0.743. The Kier molecular flexibility index (Phi) is 5.36. The highest BCUT2D eigenvalue weighted by molar-refractivity contribution is 5.87. The quantitative estimate of drug-likeness (QED) is 0.586. The summed E-state index contributed by atoms with van der Waals surface area (Å²) in [6.07, 6.45) is 0. The monoisotopic (exact) mass is 216 g/mol. The summed E-state index contributed by atoms with van der Waals surface area (Å²) in [5.41, 5.74) is 5.08. The van der Waals surface area contributed by atoms with E-state index in [9.17, 15) is 14.4 Å². The van der Waals surface area contributed by atoms with Crippen LogP contribution in [0.5, 0.6) is 0 Å². The zero-order chi connectivity index (χ0) is 12.0. The van der Waals surface area contributed by atoms with Crippen molar-refractivity contribution in [3.05, 3.63) is 0 Å². The van der Waals surface area contributed by atoms with Crippen molar-refractivity contribution in [2.24, 2.45) is 11.7 Å². The fourth-order valence-corrected chi connectivity index (χ4v) is 0.949. The Hall–Kier alpha value is -1.59. The fraction of sp³-hybridized carbons (Fsp3) is 0.667. The van der Waals surface area contributed by atoms with Crippen LogP contribution < -0.4 is 11.1 Å². The summed E-state index contributed by atoms with van der Waals surface area (Å²) in [6.45, 7) is 4.30. The molecule has 3 N–H and O–H groups in total. The second-order valence-electron chi connectivity index (χ2n) is 3.47. The van der Waals surface area contributed by atoms with Crippen LogP contribution in [-0.2, 0) is 19.1 Å². The second-order valence-corrected chi connectivity index (χ2v) is 3.47. The maximum absolute atomic E-state index is 11.2. The Morgan fingerprint density at radius 3 is 2.20 bits per heavy atom. The molecule has 0 saturated carbocycles. The van der Waals surface area contributed by atoms with Gasteiger partial charge in [0.25, 0.3) is 5.91 Å². The second kappa shape index (κ2) is 6.00. The van der Waals surface area contributed by atoms with Crippen LogP contribution in [0, 0.1) is 5.92 Å². The molecule has 0 aromatic rings. The molecule has 0 spiro atoms. The Bertz CT molecular complexity index is 263. The highest BCUT2D eigenvalue weighted by atomic mass is 16.5. The molecule has 0 aliphatic rings. The molecule has 0 unspecified atom stereocenters. The first kappa shape index (κ1) is 13.4. The Balaban J connectivity index is 4.12. The average Bonchev–Trinajstić information content (AvgIpc) is 2.09. The molecule has 0 rings (SSSR count). The van der Waals surface area contributed by atoms with E-state index in [1.807, 2.05) is 0 Å². The first-order valence-corrected chi connectivity index (χ1v) is 4.56. The van der Waals surface area contributed by atoms with Gasteiger partial charge in [-0.3, -0.25) is 14.4 Å². The maximum Gasteiger partial charge on any atom is 0.303 e. The number of nitrogens with one attached hydrogen (secondary N) is 1. The average molecular weight is 216 g/mol.